The van der Waals surface area contributed by atoms with Crippen LogP contribution < -0.4 is 9.47 Å². The summed E-state index contributed by atoms with van der Waals surface area (Å²) >= 11 is 0. The lowest BCUT2D eigenvalue weighted by Crippen LogP contribution is -1.89. The first-order valence-electron chi connectivity index (χ1n) is 4.08. The van der Waals surface area contributed by atoms with Crippen molar-refractivity contribution in [2.75, 3.05) is 14.2 Å². The molecule has 0 fully saturated rings. The molecule has 1 aromatic carbocycles. The zero-order valence-electron chi connectivity index (χ0n) is 8.11. The van der Waals surface area contributed by atoms with Gasteiger partial charge in [-0.3, -0.25) is 4.79 Å². The summed E-state index contributed by atoms with van der Waals surface area (Å²) in [5.41, 5.74) is 0.816. The molecule has 0 atom stereocenters. The molecule has 14 heavy (non-hydrogen) atoms. The Kier molecular flexibility index (Phi) is 3.73. The van der Waals surface area contributed by atoms with E-state index in [1.54, 1.807) is 38.7 Å². The lowest BCUT2D eigenvalue weighted by molar-refractivity contribution is 0.394. The number of hydrogen-bond acceptors (Lipinski definition) is 3. The molecule has 0 saturated heterocycles. The number of carbonyl (C=O) groups excluding carboxylic acids is 1. The standard InChI is InChI=1S/C11H11O3/c1-13-10-6-5-9(4-3-7-12)11(8-10)14-2/h3-6,8H,1-2H3. The van der Waals surface area contributed by atoms with Crippen LogP contribution in [0.25, 0.3) is 6.08 Å². The molecule has 0 aliphatic rings. The summed E-state index contributed by atoms with van der Waals surface area (Å²) in [5.74, 6) is 1.38. The van der Waals surface area contributed by atoms with E-state index in [-0.39, 0.29) is 0 Å². The Labute approximate surface area is 83.0 Å². The van der Waals surface area contributed by atoms with Gasteiger partial charge in [-0.1, -0.05) is 0 Å². The third kappa shape index (κ3) is 2.36. The molecule has 0 unspecified atom stereocenters. The highest BCUT2D eigenvalue weighted by molar-refractivity contribution is 5.76. The first-order chi connectivity index (χ1) is 6.81. The van der Waals surface area contributed by atoms with Gasteiger partial charge in [0.15, 0.2) is 0 Å². The molecule has 3 heteroatoms. The molecule has 0 N–H and O–H groups in total. The minimum Gasteiger partial charge on any atom is -0.497 e. The number of methoxy groups -OCH3 is 2. The predicted molar refractivity (Wildman–Crippen MR) is 54.3 cm³/mol. The molecule has 1 rings (SSSR count). The van der Waals surface area contributed by atoms with Crippen molar-refractivity contribution in [3.05, 3.63) is 29.8 Å². The van der Waals surface area contributed by atoms with Crippen molar-refractivity contribution >= 4 is 12.4 Å². The van der Waals surface area contributed by atoms with Crippen molar-refractivity contribution in [2.24, 2.45) is 0 Å². The van der Waals surface area contributed by atoms with Crippen LogP contribution in [0.3, 0.4) is 0 Å². The summed E-state index contributed by atoms with van der Waals surface area (Å²) in [5, 5.41) is 0. The molecule has 3 nitrogen and oxygen atoms in total. The van der Waals surface area contributed by atoms with Crippen molar-refractivity contribution in [1.29, 1.82) is 0 Å². The van der Waals surface area contributed by atoms with Crippen LogP contribution in [-0.2, 0) is 4.79 Å². The van der Waals surface area contributed by atoms with Gasteiger partial charge in [0.05, 0.1) is 14.2 Å². The summed E-state index contributed by atoms with van der Waals surface area (Å²) in [6.07, 6.45) is 4.60. The van der Waals surface area contributed by atoms with Crippen LogP contribution in [0.2, 0.25) is 0 Å². The predicted octanol–water partition coefficient (Wildman–Crippen LogP) is 1.83. The molecule has 0 saturated carbocycles. The molecular formula is C11H11O3. The van der Waals surface area contributed by atoms with Crippen LogP contribution in [0.4, 0.5) is 0 Å². The van der Waals surface area contributed by atoms with Gasteiger partial charge in [0.25, 0.3) is 0 Å². The van der Waals surface area contributed by atoms with E-state index in [4.69, 9.17) is 9.47 Å². The fourth-order valence-corrected chi connectivity index (χ4v) is 1.08. The molecule has 0 aromatic heterocycles. The normalized spacial score (nSPS) is 10.1. The van der Waals surface area contributed by atoms with Crippen molar-refractivity contribution in [1.82, 2.24) is 0 Å². The second kappa shape index (κ2) is 5.07. The summed E-state index contributed by atoms with van der Waals surface area (Å²) in [7, 11) is 3.15. The van der Waals surface area contributed by atoms with E-state index >= 15 is 0 Å². The smallest absolute Gasteiger partial charge is 0.225 e. The molecule has 0 bridgehead atoms. The zero-order valence-corrected chi connectivity index (χ0v) is 8.11. The van der Waals surface area contributed by atoms with Gasteiger partial charge in [0.1, 0.15) is 11.5 Å². The summed E-state index contributed by atoms with van der Waals surface area (Å²) in [6, 6.07) is 5.36. The molecule has 0 aliphatic heterocycles. The molecule has 0 amide bonds. The van der Waals surface area contributed by atoms with Crippen LogP contribution in [-0.4, -0.2) is 20.5 Å². The van der Waals surface area contributed by atoms with E-state index in [1.807, 2.05) is 6.07 Å². The molecule has 0 aliphatic carbocycles. The van der Waals surface area contributed by atoms with E-state index in [9.17, 15) is 4.79 Å². The van der Waals surface area contributed by atoms with Gasteiger partial charge in [0.2, 0.25) is 6.29 Å². The Bertz CT molecular complexity index is 342. The van der Waals surface area contributed by atoms with E-state index in [2.05, 4.69) is 0 Å². The third-order valence-corrected chi connectivity index (χ3v) is 1.77. The second-order valence-electron chi connectivity index (χ2n) is 2.56. The maximum Gasteiger partial charge on any atom is 0.225 e. The maximum absolute atomic E-state index is 10.0. The zero-order chi connectivity index (χ0) is 10.4. The van der Waals surface area contributed by atoms with Crippen LogP contribution in [0.1, 0.15) is 5.56 Å². The van der Waals surface area contributed by atoms with Gasteiger partial charge in [-0.05, 0) is 24.3 Å². The van der Waals surface area contributed by atoms with Gasteiger partial charge in [-0.2, -0.15) is 0 Å². The summed E-state index contributed by atoms with van der Waals surface area (Å²) in [4.78, 5) is 10.0. The average Bonchev–Trinajstić information content (AvgIpc) is 2.26. The van der Waals surface area contributed by atoms with E-state index in [0.717, 1.165) is 5.56 Å². The van der Waals surface area contributed by atoms with Gasteiger partial charge in [0, 0.05) is 11.6 Å². The van der Waals surface area contributed by atoms with Gasteiger partial charge < -0.3 is 9.47 Å². The van der Waals surface area contributed by atoms with Gasteiger partial charge in [-0.15, -0.1) is 0 Å². The van der Waals surface area contributed by atoms with Crippen molar-refractivity contribution in [3.63, 3.8) is 0 Å². The molecule has 0 heterocycles. The van der Waals surface area contributed by atoms with Crippen molar-refractivity contribution in [2.45, 2.75) is 0 Å². The van der Waals surface area contributed by atoms with E-state index < -0.39 is 0 Å². The maximum atomic E-state index is 10.0. The molecule has 1 radical (unpaired) electrons. The number of rotatable bonds is 4. The van der Waals surface area contributed by atoms with E-state index in [0.29, 0.717) is 11.5 Å². The van der Waals surface area contributed by atoms with Gasteiger partial charge in [-0.25, -0.2) is 0 Å². The number of hydrogen-bond donors (Lipinski definition) is 0. The molecule has 73 valence electrons. The lowest BCUT2D eigenvalue weighted by atomic mass is 10.2. The summed E-state index contributed by atoms with van der Waals surface area (Å²) < 4.78 is 10.2. The van der Waals surface area contributed by atoms with Crippen LogP contribution in [0, 0.1) is 0 Å². The second-order valence-corrected chi connectivity index (χ2v) is 2.56. The SMILES string of the molecule is COc1ccc(C=C[C]=O)c(OC)c1. The van der Waals surface area contributed by atoms with Gasteiger partial charge >= 0.3 is 0 Å². The molecular weight excluding hydrogens is 180 g/mol. The minimum absolute atomic E-state index is 0.663. The van der Waals surface area contributed by atoms with Crippen LogP contribution in [0.15, 0.2) is 24.3 Å². The Morgan fingerprint density at radius 2 is 2.07 bits per heavy atom. The average molecular weight is 191 g/mol. The fourth-order valence-electron chi connectivity index (χ4n) is 1.08. The quantitative estimate of drug-likeness (QED) is 0.681. The minimum atomic E-state index is 0.663. The van der Waals surface area contributed by atoms with Crippen LogP contribution >= 0.6 is 0 Å². The van der Waals surface area contributed by atoms with Crippen LogP contribution in [0.5, 0.6) is 11.5 Å². The molecule has 1 aromatic rings. The Balaban J connectivity index is 3.04. The third-order valence-electron chi connectivity index (χ3n) is 1.77. The Hall–Kier alpha value is -1.77. The highest BCUT2D eigenvalue weighted by Gasteiger charge is 2.01. The monoisotopic (exact) mass is 191 g/mol. The Morgan fingerprint density at radius 3 is 2.64 bits per heavy atom. The number of ether oxygens (including phenoxy) is 2. The fraction of sp³-hybridized carbons (Fsp3) is 0.182. The van der Waals surface area contributed by atoms with Crippen molar-refractivity contribution in [3.8, 4) is 11.5 Å². The highest BCUT2D eigenvalue weighted by Crippen LogP contribution is 2.25. The first kappa shape index (κ1) is 10.3. The van der Waals surface area contributed by atoms with E-state index in [1.165, 1.54) is 6.08 Å². The van der Waals surface area contributed by atoms with Crippen molar-refractivity contribution < 1.29 is 14.3 Å². The number of allylic oxidation sites excluding steroid dienone is 1. The molecule has 0 spiro atoms. The summed E-state index contributed by atoms with van der Waals surface area (Å²) in [6.45, 7) is 0. The Morgan fingerprint density at radius 1 is 1.29 bits per heavy atom. The topological polar surface area (TPSA) is 35.5 Å². The number of benzene rings is 1. The largest absolute Gasteiger partial charge is 0.497 e. The first-order valence-corrected chi connectivity index (χ1v) is 4.08. The lowest BCUT2D eigenvalue weighted by Gasteiger charge is -2.06. The highest BCUT2D eigenvalue weighted by atomic mass is 16.5.